The molecule has 0 saturated heterocycles. The van der Waals surface area contributed by atoms with Gasteiger partial charge in [0.15, 0.2) is 0 Å². The molecule has 278 valence electrons. The minimum Gasteiger partial charge on any atom is -0.463 e. The van der Waals surface area contributed by atoms with Crippen LogP contribution in [0.3, 0.4) is 0 Å². The molecule has 20 heteroatoms. The minimum absolute atomic E-state index is 0.0108. The number of aliphatic hydroxyl groups is 2. The average Bonchev–Trinajstić information content (AvgIpc) is 3.02. The number of sulfonamides is 1. The molecule has 0 amide bonds. The molecular formula is C30H42FN5O13S. The number of esters is 1. The normalized spacial score (nSPS) is 13.5. The Balaban J connectivity index is 2.05. The van der Waals surface area contributed by atoms with Gasteiger partial charge in [-0.3, -0.25) is 4.79 Å². The SMILES string of the molecule is CC(C)c1nc(N(C)S(C)(=O)=O)nc(-c2ccc(F)cc2)c1/C=C/C(O)CC(O)CC(=O)OCC(CCOCCCCO[N+](=O)[O-])O[N+](=O)[O-]. The molecular weight excluding hydrogens is 689 g/mol. The molecule has 0 aliphatic carbocycles. The maximum Gasteiger partial charge on any atom is 0.308 e. The highest BCUT2D eigenvalue weighted by molar-refractivity contribution is 7.92. The molecule has 2 rings (SSSR count). The lowest BCUT2D eigenvalue weighted by molar-refractivity contribution is -0.769. The van der Waals surface area contributed by atoms with Crippen LogP contribution in [-0.4, -0.2) is 103 Å². The molecule has 0 saturated carbocycles. The molecule has 0 spiro atoms. The van der Waals surface area contributed by atoms with Gasteiger partial charge >= 0.3 is 5.97 Å². The van der Waals surface area contributed by atoms with Gasteiger partial charge in [0.1, 0.15) is 18.5 Å². The molecule has 0 aliphatic rings. The number of anilines is 1. The maximum absolute atomic E-state index is 13.7. The Morgan fingerprint density at radius 3 is 2.32 bits per heavy atom. The van der Waals surface area contributed by atoms with E-state index in [0.717, 1.165) is 10.6 Å². The first kappa shape index (κ1) is 41.6. The van der Waals surface area contributed by atoms with Crippen LogP contribution >= 0.6 is 0 Å². The number of carbonyl (C=O) groups excluding carboxylic acids is 1. The Bertz CT molecular complexity index is 1560. The van der Waals surface area contributed by atoms with Crippen LogP contribution in [0.5, 0.6) is 0 Å². The fraction of sp³-hybridized carbons (Fsp3) is 0.567. The highest BCUT2D eigenvalue weighted by atomic mass is 32.2. The van der Waals surface area contributed by atoms with Crippen molar-refractivity contribution in [2.75, 3.05) is 44.0 Å². The Labute approximate surface area is 288 Å². The number of unbranched alkanes of at least 4 members (excludes halogenated alkanes) is 1. The van der Waals surface area contributed by atoms with Crippen LogP contribution in [0.1, 0.15) is 63.1 Å². The Morgan fingerprint density at radius 1 is 1.06 bits per heavy atom. The summed E-state index contributed by atoms with van der Waals surface area (Å²) in [7, 11) is -2.43. The van der Waals surface area contributed by atoms with E-state index in [1.165, 1.54) is 43.5 Å². The van der Waals surface area contributed by atoms with Gasteiger partial charge in [0.25, 0.3) is 10.2 Å². The van der Waals surface area contributed by atoms with E-state index in [1.807, 2.05) is 13.8 Å². The number of halogens is 1. The molecule has 50 heavy (non-hydrogen) atoms. The lowest BCUT2D eigenvalue weighted by Gasteiger charge is -2.20. The molecule has 18 nitrogen and oxygen atoms in total. The van der Waals surface area contributed by atoms with Crippen molar-refractivity contribution in [3.63, 3.8) is 0 Å². The lowest BCUT2D eigenvalue weighted by atomic mass is 9.97. The number of benzene rings is 1. The van der Waals surface area contributed by atoms with Crippen LogP contribution in [0.2, 0.25) is 0 Å². The van der Waals surface area contributed by atoms with Gasteiger partial charge in [-0.25, -0.2) is 27.1 Å². The van der Waals surface area contributed by atoms with E-state index in [4.69, 9.17) is 9.47 Å². The second kappa shape index (κ2) is 20.2. The Kier molecular flexibility index (Phi) is 16.8. The molecule has 2 N–H and O–H groups in total. The third-order valence-corrected chi connectivity index (χ3v) is 8.10. The highest BCUT2D eigenvalue weighted by Crippen LogP contribution is 2.31. The molecule has 0 bridgehead atoms. The second-order valence-electron chi connectivity index (χ2n) is 11.4. The summed E-state index contributed by atoms with van der Waals surface area (Å²) in [5.74, 6) is -1.77. The Morgan fingerprint density at radius 2 is 1.72 bits per heavy atom. The smallest absolute Gasteiger partial charge is 0.308 e. The van der Waals surface area contributed by atoms with Gasteiger partial charge in [0.2, 0.25) is 16.0 Å². The largest absolute Gasteiger partial charge is 0.463 e. The number of aromatic nitrogens is 2. The standard InChI is InChI=1S/C30H42FN5O13S/c1-20(2)28-26(29(21-7-9-22(31)10-8-21)33-30(32-28)34(3)50(4,44)45)12-11-23(37)17-24(38)18-27(39)47-19-25(49-36(42)43)13-16-46-14-5-6-15-48-35(40)41/h7-12,20,23-25,37-38H,5-6,13-19H2,1-4H3/b12-11+. The van der Waals surface area contributed by atoms with Gasteiger partial charge in [0.05, 0.1) is 42.9 Å². The van der Waals surface area contributed by atoms with Gasteiger partial charge < -0.3 is 29.4 Å². The van der Waals surface area contributed by atoms with E-state index >= 15 is 0 Å². The predicted octanol–water partition coefficient (Wildman–Crippen LogP) is 2.83. The van der Waals surface area contributed by atoms with Crippen LogP contribution in [0, 0.1) is 26.0 Å². The van der Waals surface area contributed by atoms with E-state index in [9.17, 15) is 48.0 Å². The van der Waals surface area contributed by atoms with Gasteiger partial charge in [-0.15, -0.1) is 20.2 Å². The van der Waals surface area contributed by atoms with E-state index in [-0.39, 0.29) is 50.2 Å². The van der Waals surface area contributed by atoms with Crippen LogP contribution in [-0.2, 0) is 34.0 Å². The van der Waals surface area contributed by atoms with Crippen LogP contribution in [0.25, 0.3) is 17.3 Å². The number of rotatable bonds is 23. The van der Waals surface area contributed by atoms with Gasteiger partial charge in [-0.2, -0.15) is 0 Å². The molecule has 3 unspecified atom stereocenters. The lowest BCUT2D eigenvalue weighted by Crippen LogP contribution is -2.28. The fourth-order valence-corrected chi connectivity index (χ4v) is 4.71. The molecule has 2 aromatic rings. The minimum atomic E-state index is -3.73. The van der Waals surface area contributed by atoms with Crippen molar-refractivity contribution in [3.05, 3.63) is 67.6 Å². The maximum atomic E-state index is 13.7. The number of ether oxygens (including phenoxy) is 2. The van der Waals surface area contributed by atoms with E-state index in [1.54, 1.807) is 0 Å². The average molecular weight is 732 g/mol. The zero-order chi connectivity index (χ0) is 37.4. The highest BCUT2D eigenvalue weighted by Gasteiger charge is 2.23. The zero-order valence-electron chi connectivity index (χ0n) is 28.0. The fourth-order valence-electron chi connectivity index (χ4n) is 4.33. The molecule has 1 heterocycles. The van der Waals surface area contributed by atoms with Crippen LogP contribution < -0.4 is 4.31 Å². The second-order valence-corrected chi connectivity index (χ2v) is 13.4. The number of hydrogen-bond acceptors (Lipinski definition) is 15. The van der Waals surface area contributed by atoms with Crippen molar-refractivity contribution in [1.29, 1.82) is 0 Å². The van der Waals surface area contributed by atoms with Gasteiger partial charge in [-0.05, 0) is 43.0 Å². The summed E-state index contributed by atoms with van der Waals surface area (Å²) >= 11 is 0. The summed E-state index contributed by atoms with van der Waals surface area (Å²) in [6, 6.07) is 5.36. The van der Waals surface area contributed by atoms with Crippen molar-refractivity contribution in [3.8, 4) is 11.3 Å². The van der Waals surface area contributed by atoms with Crippen molar-refractivity contribution < 1.29 is 57.1 Å². The molecule has 3 atom stereocenters. The summed E-state index contributed by atoms with van der Waals surface area (Å²) in [6.07, 6.45) is -0.0505. The number of carbonyl (C=O) groups is 1. The molecule has 0 radical (unpaired) electrons. The first-order chi connectivity index (χ1) is 23.5. The van der Waals surface area contributed by atoms with Gasteiger partial charge in [-0.1, -0.05) is 26.0 Å². The van der Waals surface area contributed by atoms with Crippen molar-refractivity contribution in [2.45, 2.75) is 70.2 Å². The monoisotopic (exact) mass is 731 g/mol. The summed E-state index contributed by atoms with van der Waals surface area (Å²) in [5, 5.41) is 40.1. The first-order valence-corrected chi connectivity index (χ1v) is 17.3. The predicted molar refractivity (Wildman–Crippen MR) is 175 cm³/mol. The third-order valence-electron chi connectivity index (χ3n) is 6.94. The topological polar surface area (TPSA) is 244 Å². The quantitative estimate of drug-likeness (QED) is 0.0722. The van der Waals surface area contributed by atoms with Crippen molar-refractivity contribution in [1.82, 2.24) is 9.97 Å². The first-order valence-electron chi connectivity index (χ1n) is 15.5. The van der Waals surface area contributed by atoms with E-state index in [0.29, 0.717) is 29.7 Å². The molecule has 0 aliphatic heterocycles. The van der Waals surface area contributed by atoms with Crippen LogP contribution in [0.4, 0.5) is 10.3 Å². The van der Waals surface area contributed by atoms with Gasteiger partial charge in [0, 0.05) is 44.2 Å². The summed E-state index contributed by atoms with van der Waals surface area (Å²) in [6.45, 7) is 3.26. The Hall–Kier alpha value is -4.53. The molecule has 1 aromatic carbocycles. The van der Waals surface area contributed by atoms with E-state index < -0.39 is 63.3 Å². The van der Waals surface area contributed by atoms with E-state index in [2.05, 4.69) is 19.6 Å². The van der Waals surface area contributed by atoms with Crippen molar-refractivity contribution in [2.24, 2.45) is 0 Å². The number of aliphatic hydroxyl groups excluding tert-OH is 2. The number of hydrogen-bond donors (Lipinski definition) is 2. The molecule has 0 fully saturated rings. The van der Waals surface area contributed by atoms with Crippen molar-refractivity contribution >= 4 is 28.0 Å². The zero-order valence-corrected chi connectivity index (χ0v) is 28.9. The summed E-state index contributed by atoms with van der Waals surface area (Å²) < 4.78 is 49.5. The third kappa shape index (κ3) is 14.9. The molecule has 1 aromatic heterocycles. The summed E-state index contributed by atoms with van der Waals surface area (Å²) in [5.41, 5.74) is 1.55. The summed E-state index contributed by atoms with van der Waals surface area (Å²) in [4.78, 5) is 50.9. The van der Waals surface area contributed by atoms with Crippen LogP contribution in [0.15, 0.2) is 30.3 Å². The number of nitrogens with zero attached hydrogens (tertiary/aromatic N) is 5.